The van der Waals surface area contributed by atoms with Crippen LogP contribution >= 0.6 is 23.6 Å². The highest BCUT2D eigenvalue weighted by Crippen LogP contribution is 2.31. The summed E-state index contributed by atoms with van der Waals surface area (Å²) >= 11 is 7.18. The number of H-pyrrole nitrogens is 1. The third-order valence-electron chi connectivity index (χ3n) is 3.80. The molecule has 0 fully saturated rings. The van der Waals surface area contributed by atoms with E-state index in [1.807, 2.05) is 6.07 Å². The summed E-state index contributed by atoms with van der Waals surface area (Å²) in [4.78, 5) is 4.42. The number of nitrogens with one attached hydrogen (secondary N) is 1. The highest BCUT2D eigenvalue weighted by Gasteiger charge is 2.24. The second-order valence-corrected chi connectivity index (χ2v) is 7.33. The Labute approximate surface area is 132 Å². The molecule has 0 spiro atoms. The quantitative estimate of drug-likeness (QED) is 0.659. The molecule has 2 heterocycles. The lowest BCUT2D eigenvalue weighted by atomic mass is 9.91. The lowest BCUT2D eigenvalue weighted by Crippen LogP contribution is -2.23. The van der Waals surface area contributed by atoms with Crippen LogP contribution in [0.1, 0.15) is 24.3 Å². The van der Waals surface area contributed by atoms with Gasteiger partial charge in [0.25, 0.3) is 0 Å². The minimum absolute atomic E-state index is 0.0240. The molecule has 0 aliphatic carbocycles. The van der Waals surface area contributed by atoms with Gasteiger partial charge in [-0.2, -0.15) is 0 Å². The number of aromatic nitrogens is 2. The van der Waals surface area contributed by atoms with E-state index in [9.17, 15) is 4.39 Å². The molecule has 1 N–H and O–H groups in total. The minimum atomic E-state index is -0.205. The van der Waals surface area contributed by atoms with Crippen molar-refractivity contribution in [1.29, 1.82) is 0 Å². The monoisotopic (exact) mass is 320 g/mol. The lowest BCUT2D eigenvalue weighted by Gasteiger charge is -2.24. The topological polar surface area (TPSA) is 20.7 Å². The summed E-state index contributed by atoms with van der Waals surface area (Å²) in [7, 11) is 0. The van der Waals surface area contributed by atoms with Crippen LogP contribution in [0.3, 0.4) is 0 Å². The summed E-state index contributed by atoms with van der Waals surface area (Å²) in [6.07, 6.45) is 0. The standard InChI is InChI=1S/C16H17FN2S2/c1-10-7-13-12(8-11(10)17)18-15(20)19(13)9-16(2,3)14-5-4-6-21-14/h4-8H,9H2,1-3H3,(H,18,20). The van der Waals surface area contributed by atoms with E-state index in [0.717, 1.165) is 17.6 Å². The SMILES string of the molecule is Cc1cc2c(cc1F)[nH]c(=S)n2CC(C)(C)c1cccs1. The Morgan fingerprint density at radius 1 is 1.38 bits per heavy atom. The smallest absolute Gasteiger partial charge is 0.178 e. The molecule has 0 atom stereocenters. The van der Waals surface area contributed by atoms with Crippen molar-refractivity contribution in [1.82, 2.24) is 9.55 Å². The second-order valence-electron chi connectivity index (χ2n) is 6.00. The molecule has 0 bridgehead atoms. The Balaban J connectivity index is 2.11. The van der Waals surface area contributed by atoms with Crippen molar-refractivity contribution in [2.45, 2.75) is 32.7 Å². The van der Waals surface area contributed by atoms with Gasteiger partial charge in [-0.1, -0.05) is 19.9 Å². The van der Waals surface area contributed by atoms with Crippen molar-refractivity contribution in [3.63, 3.8) is 0 Å². The molecule has 0 aliphatic rings. The van der Waals surface area contributed by atoms with Crippen molar-refractivity contribution < 1.29 is 4.39 Å². The van der Waals surface area contributed by atoms with E-state index in [0.29, 0.717) is 10.3 Å². The highest BCUT2D eigenvalue weighted by atomic mass is 32.1. The number of aromatic amines is 1. The summed E-state index contributed by atoms with van der Waals surface area (Å²) in [6.45, 7) is 6.95. The molecular formula is C16H17FN2S2. The number of hydrogen-bond acceptors (Lipinski definition) is 2. The molecule has 3 aromatic rings. The van der Waals surface area contributed by atoms with Crippen LogP contribution in [0.25, 0.3) is 11.0 Å². The van der Waals surface area contributed by atoms with Crippen LogP contribution in [0.2, 0.25) is 0 Å². The van der Waals surface area contributed by atoms with Gasteiger partial charge in [0, 0.05) is 16.8 Å². The second kappa shape index (κ2) is 5.07. The van der Waals surface area contributed by atoms with Gasteiger partial charge in [0.1, 0.15) is 5.82 Å². The van der Waals surface area contributed by atoms with Gasteiger partial charge in [-0.15, -0.1) is 11.3 Å². The normalized spacial score (nSPS) is 12.2. The number of imidazole rings is 1. The predicted octanol–water partition coefficient (Wildman–Crippen LogP) is 5.19. The van der Waals surface area contributed by atoms with Gasteiger partial charge in [0.2, 0.25) is 0 Å². The van der Waals surface area contributed by atoms with Gasteiger partial charge in [0.05, 0.1) is 11.0 Å². The Hall–Kier alpha value is -1.46. The number of aryl methyl sites for hydroxylation is 1. The van der Waals surface area contributed by atoms with E-state index in [4.69, 9.17) is 12.2 Å². The largest absolute Gasteiger partial charge is 0.330 e. The highest BCUT2D eigenvalue weighted by molar-refractivity contribution is 7.71. The summed E-state index contributed by atoms with van der Waals surface area (Å²) < 4.78 is 16.4. The number of rotatable bonds is 3. The van der Waals surface area contributed by atoms with Crippen LogP contribution in [0.5, 0.6) is 0 Å². The molecule has 0 radical (unpaired) electrons. The van der Waals surface area contributed by atoms with Crippen LogP contribution in [-0.4, -0.2) is 9.55 Å². The Morgan fingerprint density at radius 2 is 2.14 bits per heavy atom. The predicted molar refractivity (Wildman–Crippen MR) is 89.2 cm³/mol. The van der Waals surface area contributed by atoms with Crippen molar-refractivity contribution in [2.24, 2.45) is 0 Å². The average molecular weight is 320 g/mol. The van der Waals surface area contributed by atoms with E-state index in [-0.39, 0.29) is 11.2 Å². The van der Waals surface area contributed by atoms with Crippen molar-refractivity contribution in [2.75, 3.05) is 0 Å². The zero-order chi connectivity index (χ0) is 15.2. The van der Waals surface area contributed by atoms with Crippen LogP contribution in [0.4, 0.5) is 4.39 Å². The van der Waals surface area contributed by atoms with Gasteiger partial charge in [-0.25, -0.2) is 4.39 Å². The third kappa shape index (κ3) is 2.56. The molecule has 1 aromatic carbocycles. The molecule has 5 heteroatoms. The molecule has 2 aromatic heterocycles. The summed E-state index contributed by atoms with van der Waals surface area (Å²) in [5, 5.41) is 2.09. The number of hydrogen-bond donors (Lipinski definition) is 1. The average Bonchev–Trinajstić information content (AvgIpc) is 3.02. The van der Waals surface area contributed by atoms with Crippen LogP contribution in [-0.2, 0) is 12.0 Å². The molecule has 21 heavy (non-hydrogen) atoms. The zero-order valence-electron chi connectivity index (χ0n) is 12.2. The van der Waals surface area contributed by atoms with Gasteiger partial charge < -0.3 is 9.55 Å². The van der Waals surface area contributed by atoms with E-state index in [1.54, 1.807) is 18.3 Å². The van der Waals surface area contributed by atoms with E-state index in [1.165, 1.54) is 10.9 Å². The molecule has 3 rings (SSSR count). The van der Waals surface area contributed by atoms with Gasteiger partial charge in [-0.05, 0) is 48.3 Å². The maximum atomic E-state index is 13.7. The minimum Gasteiger partial charge on any atom is -0.330 e. The third-order valence-corrected chi connectivity index (χ3v) is 5.35. The first kappa shape index (κ1) is 14.5. The fourth-order valence-electron chi connectivity index (χ4n) is 2.58. The number of thiophene rings is 1. The van der Waals surface area contributed by atoms with Gasteiger partial charge >= 0.3 is 0 Å². The fraction of sp³-hybridized carbons (Fsp3) is 0.312. The summed E-state index contributed by atoms with van der Waals surface area (Å²) in [5.41, 5.74) is 2.33. The molecule has 0 aliphatic heterocycles. The van der Waals surface area contributed by atoms with Gasteiger partial charge in [-0.3, -0.25) is 0 Å². The summed E-state index contributed by atoms with van der Waals surface area (Å²) in [5.74, 6) is -0.205. The molecule has 0 saturated carbocycles. The first-order chi connectivity index (χ1) is 9.88. The molecule has 110 valence electrons. The van der Waals surface area contributed by atoms with Crippen molar-refractivity contribution in [3.8, 4) is 0 Å². The molecular weight excluding hydrogens is 303 g/mol. The van der Waals surface area contributed by atoms with Crippen molar-refractivity contribution >= 4 is 34.6 Å². The first-order valence-electron chi connectivity index (χ1n) is 6.81. The molecule has 0 unspecified atom stereocenters. The molecule has 0 amide bonds. The lowest BCUT2D eigenvalue weighted by molar-refractivity contribution is 0.447. The Morgan fingerprint density at radius 3 is 2.81 bits per heavy atom. The Bertz CT molecular complexity index is 841. The van der Waals surface area contributed by atoms with Crippen LogP contribution in [0, 0.1) is 17.5 Å². The molecule has 0 saturated heterocycles. The van der Waals surface area contributed by atoms with E-state index in [2.05, 4.69) is 40.9 Å². The maximum Gasteiger partial charge on any atom is 0.178 e. The maximum absolute atomic E-state index is 13.7. The van der Waals surface area contributed by atoms with Crippen LogP contribution in [0.15, 0.2) is 29.6 Å². The number of nitrogens with zero attached hydrogens (tertiary/aromatic N) is 1. The number of fused-ring (bicyclic) bond motifs is 1. The number of benzene rings is 1. The summed E-state index contributed by atoms with van der Waals surface area (Å²) in [6, 6.07) is 7.60. The van der Waals surface area contributed by atoms with Crippen molar-refractivity contribution in [3.05, 3.63) is 50.7 Å². The fourth-order valence-corrected chi connectivity index (χ4v) is 3.69. The number of halogens is 1. The zero-order valence-corrected chi connectivity index (χ0v) is 13.9. The Kier molecular flexibility index (Phi) is 3.50. The van der Waals surface area contributed by atoms with Gasteiger partial charge in [0.15, 0.2) is 4.77 Å². The molecule has 2 nitrogen and oxygen atoms in total. The first-order valence-corrected chi connectivity index (χ1v) is 8.10. The van der Waals surface area contributed by atoms with E-state index < -0.39 is 0 Å². The van der Waals surface area contributed by atoms with Crippen LogP contribution < -0.4 is 0 Å². The van der Waals surface area contributed by atoms with E-state index >= 15 is 0 Å².